The molecular weight excluding hydrogens is 336 g/mol. The minimum absolute atomic E-state index is 0.102. The highest BCUT2D eigenvalue weighted by Gasteiger charge is 2.19. The van der Waals surface area contributed by atoms with Crippen LogP contribution >= 0.6 is 15.9 Å². The Labute approximate surface area is 132 Å². The van der Waals surface area contributed by atoms with Crippen LogP contribution in [0.25, 0.3) is 0 Å². The van der Waals surface area contributed by atoms with E-state index < -0.39 is 5.91 Å². The second-order valence-corrected chi connectivity index (χ2v) is 5.87. The lowest BCUT2D eigenvalue weighted by atomic mass is 10.2. The number of hydrogen-bond donors (Lipinski definition) is 2. The van der Waals surface area contributed by atoms with Crippen LogP contribution in [-0.2, 0) is 4.79 Å². The zero-order chi connectivity index (χ0) is 15.4. The second kappa shape index (κ2) is 6.91. The van der Waals surface area contributed by atoms with E-state index in [2.05, 4.69) is 21.2 Å². The topological polar surface area (TPSA) is 78.7 Å². The smallest absolute Gasteiger partial charge is 0.248 e. The number of carbonyl (C=O) groups excluding carboxylic acids is 2. The van der Waals surface area contributed by atoms with Crippen LogP contribution in [0.15, 0.2) is 22.7 Å². The van der Waals surface area contributed by atoms with Crippen molar-refractivity contribution < 1.29 is 9.59 Å². The molecule has 0 radical (unpaired) electrons. The molecule has 2 rings (SSSR count). The van der Waals surface area contributed by atoms with Gasteiger partial charge in [-0.15, -0.1) is 0 Å². The number of halogens is 1. The Kier molecular flexibility index (Phi) is 5.19. The predicted molar refractivity (Wildman–Crippen MR) is 85.4 cm³/mol. The molecule has 3 N–H and O–H groups in total. The van der Waals surface area contributed by atoms with E-state index in [4.69, 9.17) is 5.73 Å². The zero-order valence-corrected chi connectivity index (χ0v) is 13.5. The van der Waals surface area contributed by atoms with Gasteiger partial charge in [0.25, 0.3) is 0 Å². The van der Waals surface area contributed by atoms with Crippen molar-refractivity contribution in [2.75, 3.05) is 44.7 Å². The summed E-state index contributed by atoms with van der Waals surface area (Å²) in [6.45, 7) is 3.47. The molecule has 0 bridgehead atoms. The van der Waals surface area contributed by atoms with E-state index in [1.54, 1.807) is 18.2 Å². The van der Waals surface area contributed by atoms with Crippen LogP contribution in [0.1, 0.15) is 10.4 Å². The predicted octanol–water partition coefficient (Wildman–Crippen LogP) is 0.416. The molecule has 6 nitrogen and oxygen atoms in total. The van der Waals surface area contributed by atoms with Crippen LogP contribution < -0.4 is 16.0 Å². The number of rotatable bonds is 4. The standard InChI is InChI=1S/C14H19BrN4O2/c1-18(9-13(20)19-6-4-17-5-7-19)12-3-2-10(14(16)21)8-11(12)15/h2-3,8,17H,4-7,9H2,1H3,(H2,16,21). The number of anilines is 1. The van der Waals surface area contributed by atoms with Crippen molar-refractivity contribution in [3.8, 4) is 0 Å². The third-order valence-electron chi connectivity index (χ3n) is 3.49. The summed E-state index contributed by atoms with van der Waals surface area (Å²) in [5.41, 5.74) is 6.53. The normalized spacial score (nSPS) is 14.9. The molecule has 114 valence electrons. The number of nitrogens with one attached hydrogen (secondary N) is 1. The van der Waals surface area contributed by atoms with Crippen molar-refractivity contribution in [2.24, 2.45) is 5.73 Å². The van der Waals surface area contributed by atoms with Gasteiger partial charge in [-0.3, -0.25) is 9.59 Å². The van der Waals surface area contributed by atoms with Gasteiger partial charge in [0.2, 0.25) is 11.8 Å². The lowest BCUT2D eigenvalue weighted by Gasteiger charge is -2.30. The van der Waals surface area contributed by atoms with Crippen LogP contribution in [0.5, 0.6) is 0 Å². The number of benzene rings is 1. The largest absolute Gasteiger partial charge is 0.366 e. The van der Waals surface area contributed by atoms with E-state index in [0.29, 0.717) is 12.1 Å². The Hall–Kier alpha value is -1.60. The summed E-state index contributed by atoms with van der Waals surface area (Å²) in [5.74, 6) is -0.369. The Morgan fingerprint density at radius 2 is 2.05 bits per heavy atom. The van der Waals surface area contributed by atoms with Crippen LogP contribution in [0.2, 0.25) is 0 Å². The van der Waals surface area contributed by atoms with Crippen molar-refractivity contribution in [1.82, 2.24) is 10.2 Å². The Morgan fingerprint density at radius 3 is 2.62 bits per heavy atom. The molecule has 0 spiro atoms. The molecule has 1 aliphatic rings. The molecule has 1 fully saturated rings. The highest BCUT2D eigenvalue weighted by atomic mass is 79.9. The number of nitrogens with zero attached hydrogens (tertiary/aromatic N) is 2. The van der Waals surface area contributed by atoms with E-state index in [1.807, 2.05) is 16.8 Å². The summed E-state index contributed by atoms with van der Waals surface area (Å²) in [5, 5.41) is 3.22. The average molecular weight is 355 g/mol. The summed E-state index contributed by atoms with van der Waals surface area (Å²) in [4.78, 5) is 27.1. The fourth-order valence-electron chi connectivity index (χ4n) is 2.27. The molecule has 0 aromatic heterocycles. The maximum atomic E-state index is 12.2. The van der Waals surface area contributed by atoms with E-state index in [-0.39, 0.29) is 5.91 Å². The number of likely N-dealkylation sites (N-methyl/N-ethyl adjacent to an activating group) is 1. The fourth-order valence-corrected chi connectivity index (χ4v) is 2.95. The lowest BCUT2D eigenvalue weighted by molar-refractivity contribution is -0.130. The summed E-state index contributed by atoms with van der Waals surface area (Å²) < 4.78 is 0.745. The first-order chi connectivity index (χ1) is 9.99. The maximum Gasteiger partial charge on any atom is 0.248 e. The Balaban J connectivity index is 2.04. The maximum absolute atomic E-state index is 12.2. The van der Waals surface area contributed by atoms with Gasteiger partial charge < -0.3 is 20.9 Å². The first-order valence-electron chi connectivity index (χ1n) is 6.78. The SMILES string of the molecule is CN(CC(=O)N1CCNCC1)c1ccc(C(N)=O)cc1Br. The summed E-state index contributed by atoms with van der Waals surface area (Å²) >= 11 is 3.42. The van der Waals surface area contributed by atoms with Crippen molar-refractivity contribution in [1.29, 1.82) is 0 Å². The van der Waals surface area contributed by atoms with Gasteiger partial charge in [-0.2, -0.15) is 0 Å². The van der Waals surface area contributed by atoms with E-state index in [9.17, 15) is 9.59 Å². The second-order valence-electron chi connectivity index (χ2n) is 5.02. The van der Waals surface area contributed by atoms with E-state index >= 15 is 0 Å². The average Bonchev–Trinajstić information content (AvgIpc) is 2.47. The molecule has 1 aliphatic heterocycles. The van der Waals surface area contributed by atoms with Gasteiger partial charge >= 0.3 is 0 Å². The van der Waals surface area contributed by atoms with Gasteiger partial charge in [0.1, 0.15) is 0 Å². The molecule has 0 aliphatic carbocycles. The van der Waals surface area contributed by atoms with E-state index in [0.717, 1.165) is 36.3 Å². The number of carbonyl (C=O) groups is 2. The van der Waals surface area contributed by atoms with Crippen molar-refractivity contribution in [3.63, 3.8) is 0 Å². The molecular formula is C14H19BrN4O2. The van der Waals surface area contributed by atoms with Crippen LogP contribution in [-0.4, -0.2) is 56.5 Å². The minimum atomic E-state index is -0.471. The summed E-state index contributed by atoms with van der Waals surface area (Å²) in [6, 6.07) is 5.12. The molecule has 21 heavy (non-hydrogen) atoms. The first-order valence-corrected chi connectivity index (χ1v) is 7.57. The van der Waals surface area contributed by atoms with Gasteiger partial charge in [0, 0.05) is 43.3 Å². The van der Waals surface area contributed by atoms with E-state index in [1.165, 1.54) is 0 Å². The molecule has 1 aromatic rings. The zero-order valence-electron chi connectivity index (χ0n) is 11.9. The molecule has 7 heteroatoms. The third-order valence-corrected chi connectivity index (χ3v) is 4.12. The Bertz CT molecular complexity index is 544. The van der Waals surface area contributed by atoms with Crippen LogP contribution in [0.4, 0.5) is 5.69 Å². The Morgan fingerprint density at radius 1 is 1.38 bits per heavy atom. The molecule has 1 saturated heterocycles. The number of nitrogens with two attached hydrogens (primary N) is 1. The van der Waals surface area contributed by atoms with Crippen molar-refractivity contribution in [3.05, 3.63) is 28.2 Å². The third kappa shape index (κ3) is 3.95. The molecule has 1 aromatic carbocycles. The first kappa shape index (κ1) is 15.8. The number of hydrogen-bond acceptors (Lipinski definition) is 4. The lowest BCUT2D eigenvalue weighted by Crippen LogP contribution is -2.49. The molecule has 0 saturated carbocycles. The van der Waals surface area contributed by atoms with Gasteiger partial charge in [-0.1, -0.05) is 0 Å². The van der Waals surface area contributed by atoms with Gasteiger partial charge in [-0.05, 0) is 34.1 Å². The van der Waals surface area contributed by atoms with Gasteiger partial charge in [0.15, 0.2) is 0 Å². The summed E-state index contributed by atoms with van der Waals surface area (Å²) in [7, 11) is 1.85. The van der Waals surface area contributed by atoms with Crippen LogP contribution in [0, 0.1) is 0 Å². The fraction of sp³-hybridized carbons (Fsp3) is 0.429. The molecule has 2 amide bonds. The minimum Gasteiger partial charge on any atom is -0.366 e. The van der Waals surface area contributed by atoms with Gasteiger partial charge in [0.05, 0.1) is 12.2 Å². The monoisotopic (exact) mass is 354 g/mol. The molecule has 1 heterocycles. The number of amides is 2. The van der Waals surface area contributed by atoms with Crippen LogP contribution in [0.3, 0.4) is 0 Å². The highest BCUT2D eigenvalue weighted by Crippen LogP contribution is 2.26. The van der Waals surface area contributed by atoms with Crippen molar-refractivity contribution >= 4 is 33.4 Å². The van der Waals surface area contributed by atoms with Gasteiger partial charge in [-0.25, -0.2) is 0 Å². The number of piperazine rings is 1. The molecule has 0 unspecified atom stereocenters. The highest BCUT2D eigenvalue weighted by molar-refractivity contribution is 9.10. The number of primary amides is 1. The quantitative estimate of drug-likeness (QED) is 0.821. The molecule has 0 atom stereocenters. The van der Waals surface area contributed by atoms with Crippen molar-refractivity contribution in [2.45, 2.75) is 0 Å². The summed E-state index contributed by atoms with van der Waals surface area (Å²) in [6.07, 6.45) is 0.